The molecular formula is C20H21N3O2. The SMILES string of the molecule is CCc1nc(-c2ccccc2)cn1-c1ccc(CCNC(=O)O)cc1. The number of imidazole rings is 1. The number of hydrogen-bond acceptors (Lipinski definition) is 2. The monoisotopic (exact) mass is 335 g/mol. The minimum atomic E-state index is -0.990. The molecule has 25 heavy (non-hydrogen) atoms. The Morgan fingerprint density at radius 1 is 1.12 bits per heavy atom. The first-order chi connectivity index (χ1) is 12.2. The summed E-state index contributed by atoms with van der Waals surface area (Å²) in [5, 5.41) is 11.0. The Bertz CT molecular complexity index is 839. The molecule has 0 atom stereocenters. The van der Waals surface area contributed by atoms with Gasteiger partial charge in [-0.05, 0) is 24.1 Å². The van der Waals surface area contributed by atoms with Crippen molar-refractivity contribution in [3.63, 3.8) is 0 Å². The molecule has 128 valence electrons. The fourth-order valence-electron chi connectivity index (χ4n) is 2.78. The molecule has 0 aliphatic heterocycles. The highest BCUT2D eigenvalue weighted by atomic mass is 16.4. The molecule has 5 heteroatoms. The predicted octanol–water partition coefficient (Wildman–Crippen LogP) is 3.91. The standard InChI is InChI=1S/C20H21N3O2/c1-2-19-22-18(16-6-4-3-5-7-16)14-23(19)17-10-8-15(9-11-17)12-13-21-20(24)25/h3-11,14,21H,2,12-13H2,1H3,(H,24,25). The normalized spacial score (nSPS) is 10.6. The maximum atomic E-state index is 10.5. The second-order valence-corrected chi connectivity index (χ2v) is 5.78. The molecule has 0 bridgehead atoms. The molecule has 0 aliphatic rings. The van der Waals surface area contributed by atoms with Crippen molar-refractivity contribution in [1.29, 1.82) is 0 Å². The van der Waals surface area contributed by atoms with Gasteiger partial charge in [0.05, 0.1) is 5.69 Å². The first-order valence-electron chi connectivity index (χ1n) is 8.37. The van der Waals surface area contributed by atoms with Crippen LogP contribution in [0.2, 0.25) is 0 Å². The third-order valence-corrected chi connectivity index (χ3v) is 4.07. The van der Waals surface area contributed by atoms with E-state index in [1.165, 1.54) is 0 Å². The van der Waals surface area contributed by atoms with Gasteiger partial charge in [0.2, 0.25) is 0 Å². The summed E-state index contributed by atoms with van der Waals surface area (Å²) in [6, 6.07) is 18.3. The lowest BCUT2D eigenvalue weighted by molar-refractivity contribution is 0.194. The minimum Gasteiger partial charge on any atom is -0.465 e. The molecule has 1 amide bonds. The fraction of sp³-hybridized carbons (Fsp3) is 0.200. The number of aryl methyl sites for hydroxylation is 1. The van der Waals surface area contributed by atoms with E-state index in [4.69, 9.17) is 10.1 Å². The van der Waals surface area contributed by atoms with Gasteiger partial charge in [0, 0.05) is 30.4 Å². The van der Waals surface area contributed by atoms with Crippen molar-refractivity contribution in [1.82, 2.24) is 14.9 Å². The Labute approximate surface area is 147 Å². The lowest BCUT2D eigenvalue weighted by Gasteiger charge is -2.08. The van der Waals surface area contributed by atoms with Gasteiger partial charge in [0.15, 0.2) is 0 Å². The zero-order valence-electron chi connectivity index (χ0n) is 14.1. The summed E-state index contributed by atoms with van der Waals surface area (Å²) < 4.78 is 2.11. The van der Waals surface area contributed by atoms with Crippen LogP contribution in [0.4, 0.5) is 4.79 Å². The topological polar surface area (TPSA) is 67.2 Å². The number of carboxylic acid groups (broad SMARTS) is 1. The summed E-state index contributed by atoms with van der Waals surface area (Å²) in [6.07, 6.45) is 2.59. The number of benzene rings is 2. The van der Waals surface area contributed by atoms with Crippen molar-refractivity contribution < 1.29 is 9.90 Å². The average Bonchev–Trinajstić information content (AvgIpc) is 3.07. The highest BCUT2D eigenvalue weighted by Crippen LogP contribution is 2.22. The van der Waals surface area contributed by atoms with E-state index in [1.807, 2.05) is 42.5 Å². The average molecular weight is 335 g/mol. The van der Waals surface area contributed by atoms with Crippen LogP contribution in [-0.4, -0.2) is 27.3 Å². The van der Waals surface area contributed by atoms with Crippen LogP contribution >= 0.6 is 0 Å². The van der Waals surface area contributed by atoms with Crippen LogP contribution in [-0.2, 0) is 12.8 Å². The van der Waals surface area contributed by atoms with Crippen LogP contribution in [0.3, 0.4) is 0 Å². The van der Waals surface area contributed by atoms with Gasteiger partial charge < -0.3 is 15.0 Å². The highest BCUT2D eigenvalue weighted by Gasteiger charge is 2.09. The fourth-order valence-corrected chi connectivity index (χ4v) is 2.78. The van der Waals surface area contributed by atoms with Crippen molar-refractivity contribution in [2.45, 2.75) is 19.8 Å². The molecule has 0 saturated heterocycles. The van der Waals surface area contributed by atoms with Gasteiger partial charge in [-0.25, -0.2) is 9.78 Å². The van der Waals surface area contributed by atoms with E-state index >= 15 is 0 Å². The molecule has 3 rings (SSSR count). The van der Waals surface area contributed by atoms with Gasteiger partial charge in [-0.15, -0.1) is 0 Å². The van der Waals surface area contributed by atoms with Crippen molar-refractivity contribution in [2.24, 2.45) is 0 Å². The summed E-state index contributed by atoms with van der Waals surface area (Å²) in [7, 11) is 0. The third kappa shape index (κ3) is 4.07. The zero-order chi connectivity index (χ0) is 17.6. The van der Waals surface area contributed by atoms with Gasteiger partial charge >= 0.3 is 6.09 Å². The van der Waals surface area contributed by atoms with Crippen molar-refractivity contribution in [3.8, 4) is 16.9 Å². The van der Waals surface area contributed by atoms with Gasteiger partial charge in [-0.2, -0.15) is 0 Å². The molecule has 0 unspecified atom stereocenters. The molecule has 2 aromatic carbocycles. The van der Waals surface area contributed by atoms with Crippen molar-refractivity contribution in [3.05, 3.63) is 72.2 Å². The van der Waals surface area contributed by atoms with Gasteiger partial charge in [-0.3, -0.25) is 0 Å². The zero-order valence-corrected chi connectivity index (χ0v) is 14.1. The molecule has 0 fully saturated rings. The Hall–Kier alpha value is -3.08. The molecule has 1 aromatic heterocycles. The first kappa shape index (κ1) is 16.8. The first-order valence-corrected chi connectivity index (χ1v) is 8.37. The summed E-state index contributed by atoms with van der Waals surface area (Å²) >= 11 is 0. The highest BCUT2D eigenvalue weighted by molar-refractivity contribution is 5.64. The Morgan fingerprint density at radius 3 is 2.48 bits per heavy atom. The lowest BCUT2D eigenvalue weighted by Crippen LogP contribution is -2.23. The number of nitrogens with one attached hydrogen (secondary N) is 1. The summed E-state index contributed by atoms with van der Waals surface area (Å²) in [5.74, 6) is 1.01. The number of aromatic nitrogens is 2. The lowest BCUT2D eigenvalue weighted by atomic mass is 10.1. The molecule has 1 heterocycles. The molecular weight excluding hydrogens is 314 g/mol. The third-order valence-electron chi connectivity index (χ3n) is 4.07. The summed E-state index contributed by atoms with van der Waals surface area (Å²) in [6.45, 7) is 2.51. The quantitative estimate of drug-likeness (QED) is 0.717. The van der Waals surface area contributed by atoms with E-state index in [-0.39, 0.29) is 0 Å². The van der Waals surface area contributed by atoms with E-state index in [2.05, 4.69) is 35.1 Å². The number of amides is 1. The van der Waals surface area contributed by atoms with E-state index in [0.717, 1.165) is 34.8 Å². The van der Waals surface area contributed by atoms with E-state index in [1.54, 1.807) is 0 Å². The van der Waals surface area contributed by atoms with E-state index in [9.17, 15) is 4.79 Å². The maximum Gasteiger partial charge on any atom is 0.404 e. The van der Waals surface area contributed by atoms with Crippen LogP contribution in [0.5, 0.6) is 0 Å². The second-order valence-electron chi connectivity index (χ2n) is 5.78. The van der Waals surface area contributed by atoms with Crippen LogP contribution in [0.1, 0.15) is 18.3 Å². The number of rotatable bonds is 6. The molecule has 2 N–H and O–H groups in total. The van der Waals surface area contributed by atoms with Crippen LogP contribution < -0.4 is 5.32 Å². The van der Waals surface area contributed by atoms with Crippen LogP contribution in [0, 0.1) is 0 Å². The number of nitrogens with zero attached hydrogens (tertiary/aromatic N) is 2. The van der Waals surface area contributed by atoms with Gasteiger partial charge in [-0.1, -0.05) is 49.4 Å². The molecule has 0 spiro atoms. The van der Waals surface area contributed by atoms with Crippen LogP contribution in [0.15, 0.2) is 60.8 Å². The predicted molar refractivity (Wildman–Crippen MR) is 98.1 cm³/mol. The Kier molecular flexibility index (Phi) is 5.14. The molecule has 0 saturated carbocycles. The summed E-state index contributed by atoms with van der Waals surface area (Å²) in [5.41, 5.74) is 4.22. The Balaban J connectivity index is 1.81. The van der Waals surface area contributed by atoms with Gasteiger partial charge in [0.1, 0.15) is 5.82 Å². The summed E-state index contributed by atoms with van der Waals surface area (Å²) in [4.78, 5) is 15.3. The van der Waals surface area contributed by atoms with Crippen LogP contribution in [0.25, 0.3) is 16.9 Å². The molecule has 0 radical (unpaired) electrons. The van der Waals surface area contributed by atoms with Crippen molar-refractivity contribution in [2.75, 3.05) is 6.54 Å². The van der Waals surface area contributed by atoms with Crippen molar-refractivity contribution >= 4 is 6.09 Å². The molecule has 5 nitrogen and oxygen atoms in total. The second kappa shape index (κ2) is 7.66. The van der Waals surface area contributed by atoms with E-state index in [0.29, 0.717) is 13.0 Å². The smallest absolute Gasteiger partial charge is 0.404 e. The van der Waals surface area contributed by atoms with E-state index < -0.39 is 6.09 Å². The number of hydrogen-bond donors (Lipinski definition) is 2. The molecule has 0 aliphatic carbocycles. The Morgan fingerprint density at radius 2 is 1.84 bits per heavy atom. The number of carbonyl (C=O) groups is 1. The largest absolute Gasteiger partial charge is 0.465 e. The maximum absolute atomic E-state index is 10.5. The van der Waals surface area contributed by atoms with Gasteiger partial charge in [0.25, 0.3) is 0 Å². The minimum absolute atomic E-state index is 0.415. The molecule has 3 aromatic rings.